The maximum Gasteiger partial charge on any atom is 0.0487 e. The summed E-state index contributed by atoms with van der Waals surface area (Å²) in [5.41, 5.74) is 4.23. The van der Waals surface area contributed by atoms with Gasteiger partial charge in [0.15, 0.2) is 0 Å². The highest BCUT2D eigenvalue weighted by atomic mass is 16.3. The van der Waals surface area contributed by atoms with Crippen molar-refractivity contribution in [2.45, 2.75) is 71.6 Å². The molecule has 1 fully saturated rings. The Hall–Kier alpha value is -0.300. The standard InChI is InChI=1S/C17H28O/c1-16(12-18)10-5-11-17(2)14-7-4-3-6-13(14)8-9-15(16)17/h15,18H,3-12H2,1-2H3. The molecule has 0 aromatic carbocycles. The van der Waals surface area contributed by atoms with E-state index in [9.17, 15) is 5.11 Å². The van der Waals surface area contributed by atoms with Crippen molar-refractivity contribution >= 4 is 0 Å². The summed E-state index contributed by atoms with van der Waals surface area (Å²) in [7, 11) is 0. The predicted octanol–water partition coefficient (Wildman–Crippen LogP) is 4.46. The van der Waals surface area contributed by atoms with Gasteiger partial charge in [-0.3, -0.25) is 0 Å². The third-order valence-electron chi connectivity index (χ3n) is 6.42. The van der Waals surface area contributed by atoms with Gasteiger partial charge in [0, 0.05) is 6.61 Å². The Labute approximate surface area is 112 Å². The molecule has 0 heterocycles. The van der Waals surface area contributed by atoms with Gasteiger partial charge in [-0.1, -0.05) is 31.4 Å². The third-order valence-corrected chi connectivity index (χ3v) is 6.42. The van der Waals surface area contributed by atoms with Crippen molar-refractivity contribution in [3.63, 3.8) is 0 Å². The summed E-state index contributed by atoms with van der Waals surface area (Å²) >= 11 is 0. The number of rotatable bonds is 1. The molecule has 0 spiro atoms. The van der Waals surface area contributed by atoms with Crippen molar-refractivity contribution in [1.29, 1.82) is 0 Å². The molecule has 0 aromatic heterocycles. The highest BCUT2D eigenvalue weighted by molar-refractivity contribution is 5.30. The Balaban J connectivity index is 2.00. The number of fused-ring (bicyclic) bond motifs is 2. The van der Waals surface area contributed by atoms with Crippen molar-refractivity contribution in [3.05, 3.63) is 11.1 Å². The third kappa shape index (κ3) is 1.70. The van der Waals surface area contributed by atoms with E-state index in [1.807, 2.05) is 11.1 Å². The molecule has 3 aliphatic rings. The minimum atomic E-state index is 0.184. The van der Waals surface area contributed by atoms with E-state index in [1.54, 1.807) is 0 Å². The van der Waals surface area contributed by atoms with Crippen LogP contribution in [0.1, 0.15) is 71.6 Å². The Morgan fingerprint density at radius 1 is 1.06 bits per heavy atom. The lowest BCUT2D eigenvalue weighted by Gasteiger charge is -2.56. The van der Waals surface area contributed by atoms with Crippen LogP contribution in [0, 0.1) is 16.7 Å². The average Bonchev–Trinajstić information content (AvgIpc) is 2.39. The molecule has 0 amide bonds. The molecule has 1 saturated carbocycles. The molecular weight excluding hydrogens is 220 g/mol. The minimum Gasteiger partial charge on any atom is -0.396 e. The molecule has 1 heteroatoms. The lowest BCUT2D eigenvalue weighted by atomic mass is 9.48. The maximum absolute atomic E-state index is 9.88. The summed E-state index contributed by atoms with van der Waals surface area (Å²) in [5.74, 6) is 0.723. The molecule has 0 aromatic rings. The van der Waals surface area contributed by atoms with Crippen LogP contribution in [0.3, 0.4) is 0 Å². The van der Waals surface area contributed by atoms with Gasteiger partial charge in [0.2, 0.25) is 0 Å². The summed E-state index contributed by atoms with van der Waals surface area (Å²) in [6, 6.07) is 0. The smallest absolute Gasteiger partial charge is 0.0487 e. The summed E-state index contributed by atoms with van der Waals surface area (Å²) < 4.78 is 0. The molecule has 1 N–H and O–H groups in total. The van der Waals surface area contributed by atoms with Gasteiger partial charge in [0.05, 0.1) is 0 Å². The Kier molecular flexibility index (Phi) is 3.09. The van der Waals surface area contributed by atoms with Crippen molar-refractivity contribution in [3.8, 4) is 0 Å². The highest BCUT2D eigenvalue weighted by Gasteiger charge is 2.52. The van der Waals surface area contributed by atoms with E-state index in [1.165, 1.54) is 57.8 Å². The van der Waals surface area contributed by atoms with E-state index >= 15 is 0 Å². The Morgan fingerprint density at radius 3 is 2.61 bits per heavy atom. The van der Waals surface area contributed by atoms with Crippen molar-refractivity contribution < 1.29 is 5.11 Å². The van der Waals surface area contributed by atoms with Crippen molar-refractivity contribution in [2.24, 2.45) is 16.7 Å². The van der Waals surface area contributed by atoms with Gasteiger partial charge < -0.3 is 5.11 Å². The molecular formula is C17H28O. The first kappa shape index (κ1) is 12.7. The maximum atomic E-state index is 9.88. The Morgan fingerprint density at radius 2 is 1.83 bits per heavy atom. The molecule has 1 nitrogen and oxygen atoms in total. The molecule has 0 saturated heterocycles. The van der Waals surface area contributed by atoms with Crippen LogP contribution in [0.4, 0.5) is 0 Å². The molecule has 0 radical (unpaired) electrons. The van der Waals surface area contributed by atoms with Gasteiger partial charge in [-0.15, -0.1) is 0 Å². The van der Waals surface area contributed by atoms with E-state index in [-0.39, 0.29) is 5.41 Å². The van der Waals surface area contributed by atoms with E-state index in [2.05, 4.69) is 13.8 Å². The topological polar surface area (TPSA) is 20.2 Å². The summed E-state index contributed by atoms with van der Waals surface area (Å²) in [5, 5.41) is 9.88. The van der Waals surface area contributed by atoms with Crippen LogP contribution >= 0.6 is 0 Å². The SMILES string of the molecule is CC1(CO)CCCC2(C)C3=C(CCCC3)CCC12. The van der Waals surface area contributed by atoms with Crippen LogP contribution in [0.15, 0.2) is 11.1 Å². The van der Waals surface area contributed by atoms with Gasteiger partial charge in [0.25, 0.3) is 0 Å². The fourth-order valence-electron chi connectivity index (χ4n) is 5.45. The zero-order chi connectivity index (χ0) is 12.8. The molecule has 0 aliphatic heterocycles. The fourth-order valence-corrected chi connectivity index (χ4v) is 5.45. The van der Waals surface area contributed by atoms with Crippen LogP contribution in [0.5, 0.6) is 0 Å². The highest BCUT2D eigenvalue weighted by Crippen LogP contribution is 2.61. The van der Waals surface area contributed by atoms with Crippen molar-refractivity contribution in [1.82, 2.24) is 0 Å². The number of hydrogen-bond acceptors (Lipinski definition) is 1. The van der Waals surface area contributed by atoms with Gasteiger partial charge in [0.1, 0.15) is 0 Å². The van der Waals surface area contributed by atoms with Crippen LogP contribution in [0.25, 0.3) is 0 Å². The largest absolute Gasteiger partial charge is 0.396 e. The summed E-state index contributed by atoms with van der Waals surface area (Å²) in [6.45, 7) is 5.24. The van der Waals surface area contributed by atoms with Crippen LogP contribution in [-0.4, -0.2) is 11.7 Å². The first-order chi connectivity index (χ1) is 8.60. The first-order valence-corrected chi connectivity index (χ1v) is 7.92. The number of hydrogen-bond donors (Lipinski definition) is 1. The first-order valence-electron chi connectivity index (χ1n) is 7.92. The van der Waals surface area contributed by atoms with Crippen LogP contribution in [0.2, 0.25) is 0 Å². The van der Waals surface area contributed by atoms with Crippen molar-refractivity contribution in [2.75, 3.05) is 6.61 Å². The van der Waals surface area contributed by atoms with Crippen LogP contribution < -0.4 is 0 Å². The molecule has 3 aliphatic carbocycles. The van der Waals surface area contributed by atoms with Crippen LogP contribution in [-0.2, 0) is 0 Å². The molecule has 3 atom stereocenters. The molecule has 3 unspecified atom stereocenters. The zero-order valence-corrected chi connectivity index (χ0v) is 12.1. The normalized spacial score (nSPS) is 44.5. The van der Waals surface area contributed by atoms with E-state index in [4.69, 9.17) is 0 Å². The van der Waals surface area contributed by atoms with Gasteiger partial charge >= 0.3 is 0 Å². The Bertz CT molecular complexity index is 370. The minimum absolute atomic E-state index is 0.184. The van der Waals surface area contributed by atoms with Gasteiger partial charge in [-0.05, 0) is 68.1 Å². The number of allylic oxidation sites excluding steroid dienone is 2. The van der Waals surface area contributed by atoms with E-state index < -0.39 is 0 Å². The summed E-state index contributed by atoms with van der Waals surface area (Å²) in [6.07, 6.45) is 12.1. The lowest BCUT2D eigenvalue weighted by Crippen LogP contribution is -2.48. The second-order valence-corrected chi connectivity index (χ2v) is 7.46. The lowest BCUT2D eigenvalue weighted by molar-refractivity contribution is -0.0401. The second-order valence-electron chi connectivity index (χ2n) is 7.46. The predicted molar refractivity (Wildman–Crippen MR) is 75.4 cm³/mol. The molecule has 102 valence electrons. The van der Waals surface area contributed by atoms with E-state index in [0.717, 1.165) is 5.92 Å². The number of aliphatic hydroxyl groups excluding tert-OH is 1. The molecule has 0 bridgehead atoms. The zero-order valence-electron chi connectivity index (χ0n) is 12.1. The monoisotopic (exact) mass is 248 g/mol. The number of aliphatic hydroxyl groups is 1. The van der Waals surface area contributed by atoms with Gasteiger partial charge in [-0.2, -0.15) is 0 Å². The summed E-state index contributed by atoms with van der Waals surface area (Å²) in [4.78, 5) is 0. The fraction of sp³-hybridized carbons (Fsp3) is 0.882. The average molecular weight is 248 g/mol. The molecule has 3 rings (SSSR count). The van der Waals surface area contributed by atoms with E-state index in [0.29, 0.717) is 12.0 Å². The second kappa shape index (κ2) is 4.37. The quantitative estimate of drug-likeness (QED) is 0.679. The van der Waals surface area contributed by atoms with Gasteiger partial charge in [-0.25, -0.2) is 0 Å². The molecule has 18 heavy (non-hydrogen) atoms.